The van der Waals surface area contributed by atoms with Gasteiger partial charge in [-0.25, -0.2) is 4.79 Å². The van der Waals surface area contributed by atoms with Gasteiger partial charge < -0.3 is 15.6 Å². The minimum absolute atomic E-state index is 0.00879. The number of aromatic nitrogens is 2. The first kappa shape index (κ1) is 14.6. The number of nitrogen functional groups attached to an aromatic ring is 1. The van der Waals surface area contributed by atoms with E-state index in [4.69, 9.17) is 22.1 Å². The van der Waals surface area contributed by atoms with Gasteiger partial charge in [0.05, 0.1) is 5.02 Å². The maximum Gasteiger partial charge on any atom is 0.351 e. The second-order valence-corrected chi connectivity index (χ2v) is 5.02. The lowest BCUT2D eigenvalue weighted by atomic mass is 10.1. The van der Waals surface area contributed by atoms with Gasteiger partial charge in [0.15, 0.2) is 0 Å². The molecular weight excluding hydrogens is 351 g/mol. The van der Waals surface area contributed by atoms with Gasteiger partial charge in [-0.1, -0.05) is 27.5 Å². The van der Waals surface area contributed by atoms with E-state index in [9.17, 15) is 18.7 Å². The standard InChI is InChI=1S/C9H9BrClF2N3O3/c10-1-4-5(17)9(12,13)7(19-4)16-2-3(11)6(14)15-8(16)18/h2,4-5,7,17H,1H2,(H2,14,15,18)/t4-,5-,7-/m1/s1. The molecule has 1 aromatic rings. The normalized spacial score (nSPS) is 29.6. The van der Waals surface area contributed by atoms with Gasteiger partial charge in [0.2, 0.25) is 6.23 Å². The Balaban J connectivity index is 2.48. The molecule has 1 fully saturated rings. The Hall–Kier alpha value is -0.770. The van der Waals surface area contributed by atoms with Gasteiger partial charge in [-0.15, -0.1) is 0 Å². The maximum absolute atomic E-state index is 13.9. The van der Waals surface area contributed by atoms with Crippen molar-refractivity contribution in [1.82, 2.24) is 9.55 Å². The van der Waals surface area contributed by atoms with Crippen LogP contribution < -0.4 is 11.4 Å². The first-order chi connectivity index (χ1) is 8.78. The van der Waals surface area contributed by atoms with Crippen molar-refractivity contribution in [3.8, 4) is 0 Å². The molecule has 106 valence electrons. The Morgan fingerprint density at radius 3 is 2.84 bits per heavy atom. The fourth-order valence-electron chi connectivity index (χ4n) is 1.72. The lowest BCUT2D eigenvalue weighted by Crippen LogP contribution is -2.41. The van der Waals surface area contributed by atoms with Crippen molar-refractivity contribution in [3.63, 3.8) is 0 Å². The minimum atomic E-state index is -3.65. The van der Waals surface area contributed by atoms with Crippen LogP contribution in [-0.4, -0.2) is 38.1 Å². The molecule has 19 heavy (non-hydrogen) atoms. The molecule has 0 amide bonds. The van der Waals surface area contributed by atoms with Crippen molar-refractivity contribution in [3.05, 3.63) is 21.7 Å². The van der Waals surface area contributed by atoms with Crippen LogP contribution in [0, 0.1) is 0 Å². The third kappa shape index (κ3) is 2.35. The van der Waals surface area contributed by atoms with Crippen LogP contribution in [0.4, 0.5) is 14.6 Å². The summed E-state index contributed by atoms with van der Waals surface area (Å²) in [6.07, 6.45) is -4.26. The van der Waals surface area contributed by atoms with E-state index >= 15 is 0 Å². The quantitative estimate of drug-likeness (QED) is 0.760. The molecule has 1 aliphatic heterocycles. The number of hydrogen-bond donors (Lipinski definition) is 2. The van der Waals surface area contributed by atoms with Crippen molar-refractivity contribution in [2.24, 2.45) is 0 Å². The molecule has 0 spiro atoms. The summed E-state index contributed by atoms with van der Waals surface area (Å²) in [5.74, 6) is -3.91. The highest BCUT2D eigenvalue weighted by molar-refractivity contribution is 9.09. The molecule has 0 unspecified atom stereocenters. The molecule has 1 saturated heterocycles. The van der Waals surface area contributed by atoms with E-state index in [0.29, 0.717) is 4.57 Å². The number of aliphatic hydroxyl groups excluding tert-OH is 1. The van der Waals surface area contributed by atoms with E-state index in [1.807, 2.05) is 0 Å². The van der Waals surface area contributed by atoms with Crippen LogP contribution in [0.15, 0.2) is 11.0 Å². The largest absolute Gasteiger partial charge is 0.384 e. The molecule has 2 rings (SSSR count). The molecule has 0 radical (unpaired) electrons. The number of nitrogens with two attached hydrogens (primary N) is 1. The molecule has 0 bridgehead atoms. The molecular formula is C9H9BrClF2N3O3. The highest BCUT2D eigenvalue weighted by Gasteiger charge is 2.59. The van der Waals surface area contributed by atoms with Crippen LogP contribution in [0.5, 0.6) is 0 Å². The number of halogens is 4. The SMILES string of the molecule is Nc1nc(=O)n([C@@H]2O[C@H](CBr)[C@@H](O)C2(F)F)cc1Cl. The summed E-state index contributed by atoms with van der Waals surface area (Å²) in [5, 5.41) is 9.30. The Labute approximate surface area is 119 Å². The smallest absolute Gasteiger partial charge is 0.351 e. The zero-order valence-electron chi connectivity index (χ0n) is 9.26. The first-order valence-corrected chi connectivity index (χ1v) is 6.60. The van der Waals surface area contributed by atoms with Crippen molar-refractivity contribution >= 4 is 33.3 Å². The Kier molecular flexibility index (Phi) is 3.83. The van der Waals surface area contributed by atoms with Gasteiger partial charge in [0, 0.05) is 11.5 Å². The highest BCUT2D eigenvalue weighted by Crippen LogP contribution is 2.42. The molecule has 10 heteroatoms. The van der Waals surface area contributed by atoms with Gasteiger partial charge in [-0.3, -0.25) is 4.57 Å². The molecule has 2 heterocycles. The molecule has 3 atom stereocenters. The van der Waals surface area contributed by atoms with Gasteiger partial charge in [-0.2, -0.15) is 13.8 Å². The fraction of sp³-hybridized carbons (Fsp3) is 0.556. The number of alkyl halides is 3. The third-order valence-electron chi connectivity index (χ3n) is 2.72. The van der Waals surface area contributed by atoms with Gasteiger partial charge in [0.25, 0.3) is 0 Å². The summed E-state index contributed by atoms with van der Waals surface area (Å²) in [6, 6.07) is 0. The van der Waals surface area contributed by atoms with Crippen molar-refractivity contribution in [1.29, 1.82) is 0 Å². The topological polar surface area (TPSA) is 90.4 Å². The second-order valence-electron chi connectivity index (χ2n) is 3.96. The van der Waals surface area contributed by atoms with Gasteiger partial charge in [-0.05, 0) is 0 Å². The predicted molar refractivity (Wildman–Crippen MR) is 66.6 cm³/mol. The van der Waals surface area contributed by atoms with Crippen LogP contribution in [0.1, 0.15) is 6.23 Å². The first-order valence-electron chi connectivity index (χ1n) is 5.10. The number of rotatable bonds is 2. The summed E-state index contributed by atoms with van der Waals surface area (Å²) in [5.41, 5.74) is 4.26. The lowest BCUT2D eigenvalue weighted by Gasteiger charge is -2.21. The summed E-state index contributed by atoms with van der Waals surface area (Å²) >= 11 is 8.59. The number of aliphatic hydroxyl groups is 1. The van der Waals surface area contributed by atoms with Gasteiger partial charge >= 0.3 is 11.6 Å². The van der Waals surface area contributed by atoms with Crippen molar-refractivity contribution in [2.45, 2.75) is 24.4 Å². The van der Waals surface area contributed by atoms with E-state index < -0.39 is 30.0 Å². The molecule has 0 aliphatic carbocycles. The molecule has 6 nitrogen and oxygen atoms in total. The number of hydrogen-bond acceptors (Lipinski definition) is 5. The summed E-state index contributed by atoms with van der Waals surface area (Å²) < 4.78 is 33.3. The highest BCUT2D eigenvalue weighted by atomic mass is 79.9. The molecule has 1 aliphatic rings. The van der Waals surface area contributed by atoms with Crippen molar-refractivity contribution in [2.75, 3.05) is 11.1 Å². The lowest BCUT2D eigenvalue weighted by molar-refractivity contribution is -0.140. The Morgan fingerprint density at radius 2 is 2.32 bits per heavy atom. The zero-order valence-corrected chi connectivity index (χ0v) is 11.6. The van der Waals surface area contributed by atoms with Crippen LogP contribution >= 0.6 is 27.5 Å². The number of nitrogens with zero attached hydrogens (tertiary/aromatic N) is 2. The molecule has 3 N–H and O–H groups in total. The predicted octanol–water partition coefficient (Wildman–Crippen LogP) is 0.767. The Bertz CT molecular complexity index is 556. The van der Waals surface area contributed by atoms with Crippen LogP contribution in [0.25, 0.3) is 0 Å². The van der Waals surface area contributed by atoms with Crippen LogP contribution in [-0.2, 0) is 4.74 Å². The summed E-state index contributed by atoms with van der Waals surface area (Å²) in [7, 11) is 0. The van der Waals surface area contributed by atoms with Crippen LogP contribution in [0.3, 0.4) is 0 Å². The van der Waals surface area contributed by atoms with Crippen molar-refractivity contribution < 1.29 is 18.6 Å². The van der Waals surface area contributed by atoms with Crippen LogP contribution in [0.2, 0.25) is 5.02 Å². The summed E-state index contributed by atoms with van der Waals surface area (Å²) in [6.45, 7) is 0. The molecule has 0 saturated carbocycles. The van der Waals surface area contributed by atoms with E-state index in [1.54, 1.807) is 0 Å². The zero-order chi connectivity index (χ0) is 14.4. The fourth-order valence-corrected chi connectivity index (χ4v) is 2.38. The monoisotopic (exact) mass is 359 g/mol. The summed E-state index contributed by atoms with van der Waals surface area (Å²) in [4.78, 5) is 14.9. The van der Waals surface area contributed by atoms with E-state index in [0.717, 1.165) is 6.20 Å². The average molecular weight is 361 g/mol. The molecule has 0 aromatic carbocycles. The van der Waals surface area contributed by atoms with E-state index in [-0.39, 0.29) is 16.2 Å². The third-order valence-corrected chi connectivity index (χ3v) is 3.65. The average Bonchev–Trinajstić information content (AvgIpc) is 2.56. The second kappa shape index (κ2) is 4.97. The van der Waals surface area contributed by atoms with E-state index in [2.05, 4.69) is 20.9 Å². The number of ether oxygens (including phenoxy) is 1. The maximum atomic E-state index is 13.9. The molecule has 1 aromatic heterocycles. The van der Waals surface area contributed by atoms with E-state index in [1.165, 1.54) is 0 Å². The Morgan fingerprint density at radius 1 is 1.68 bits per heavy atom. The number of anilines is 1. The van der Waals surface area contributed by atoms with Gasteiger partial charge in [0.1, 0.15) is 18.0 Å². The minimum Gasteiger partial charge on any atom is -0.384 e.